The molecular formula is C25H22Cl2N8. The molecule has 0 radical (unpaired) electrons. The summed E-state index contributed by atoms with van der Waals surface area (Å²) >= 11 is 12.5. The average Bonchev–Trinajstić information content (AvgIpc) is 3.52. The van der Waals surface area contributed by atoms with E-state index in [9.17, 15) is 0 Å². The maximum Gasteiger partial charge on any atom is 0.231 e. The number of halogens is 2. The summed E-state index contributed by atoms with van der Waals surface area (Å²) in [6.07, 6.45) is 3.55. The molecule has 2 aliphatic heterocycles. The molecule has 5 N–H and O–H groups in total. The van der Waals surface area contributed by atoms with Crippen LogP contribution >= 0.6 is 23.2 Å². The standard InChI is InChI=1S/C25H22Cl2N8/c1-34-14-29-13-22(34)25(28,16-5-8-18(26)9-6-16)17-7-10-21-20(12-17)23(15-3-2-4-19(27)11-15)30-24-31-32-33-35(21)24/h2-14,23,32-33H,28H2,1H3,(H,30,31). The van der Waals surface area contributed by atoms with Crippen molar-refractivity contribution in [3.63, 3.8) is 0 Å². The highest BCUT2D eigenvalue weighted by Crippen LogP contribution is 2.42. The molecule has 35 heavy (non-hydrogen) atoms. The van der Waals surface area contributed by atoms with Gasteiger partial charge < -0.3 is 10.3 Å². The molecule has 8 nitrogen and oxygen atoms in total. The molecule has 2 atom stereocenters. The molecule has 1 aromatic heterocycles. The van der Waals surface area contributed by atoms with Gasteiger partial charge in [0.2, 0.25) is 5.96 Å². The number of hydrogen-bond acceptors (Lipinski definition) is 7. The van der Waals surface area contributed by atoms with Crippen molar-refractivity contribution in [2.24, 2.45) is 17.8 Å². The van der Waals surface area contributed by atoms with Gasteiger partial charge in [-0.05, 0) is 53.1 Å². The minimum Gasteiger partial charge on any atom is -0.336 e. The number of nitrogens with two attached hydrogens (primary N) is 1. The maximum absolute atomic E-state index is 7.29. The molecule has 10 heteroatoms. The average molecular weight is 505 g/mol. The number of fused-ring (bicyclic) bond motifs is 3. The normalized spacial score (nSPS) is 18.3. The van der Waals surface area contributed by atoms with Gasteiger partial charge in [0.15, 0.2) is 0 Å². The van der Waals surface area contributed by atoms with Crippen molar-refractivity contribution in [2.75, 3.05) is 5.01 Å². The van der Waals surface area contributed by atoms with Crippen LogP contribution in [-0.4, -0.2) is 15.5 Å². The van der Waals surface area contributed by atoms with Crippen LogP contribution in [-0.2, 0) is 12.6 Å². The van der Waals surface area contributed by atoms with E-state index in [1.807, 2.05) is 77.3 Å². The van der Waals surface area contributed by atoms with Crippen molar-refractivity contribution in [3.05, 3.63) is 117 Å². The number of imidazole rings is 1. The van der Waals surface area contributed by atoms with E-state index in [0.29, 0.717) is 16.0 Å². The first-order valence-electron chi connectivity index (χ1n) is 11.0. The van der Waals surface area contributed by atoms with Crippen molar-refractivity contribution >= 4 is 34.8 Å². The number of aromatic nitrogens is 2. The number of benzene rings is 3. The summed E-state index contributed by atoms with van der Waals surface area (Å²) in [5.74, 6) is 0.665. The lowest BCUT2D eigenvalue weighted by atomic mass is 9.79. The number of aryl methyl sites for hydroxylation is 1. The van der Waals surface area contributed by atoms with Crippen LogP contribution in [0.2, 0.25) is 10.0 Å². The van der Waals surface area contributed by atoms with Crippen LogP contribution in [0.25, 0.3) is 0 Å². The second-order valence-corrected chi connectivity index (χ2v) is 9.46. The Morgan fingerprint density at radius 3 is 2.51 bits per heavy atom. The van der Waals surface area contributed by atoms with Crippen LogP contribution in [0, 0.1) is 0 Å². The van der Waals surface area contributed by atoms with Gasteiger partial charge in [0, 0.05) is 22.7 Å². The number of aliphatic imine (C=N–C) groups is 1. The van der Waals surface area contributed by atoms with E-state index >= 15 is 0 Å². The fourth-order valence-corrected chi connectivity index (χ4v) is 5.10. The van der Waals surface area contributed by atoms with E-state index in [1.165, 1.54) is 0 Å². The summed E-state index contributed by atoms with van der Waals surface area (Å²) < 4.78 is 1.94. The minimum absolute atomic E-state index is 0.287. The first kappa shape index (κ1) is 22.1. The quantitative estimate of drug-likeness (QED) is 0.338. The van der Waals surface area contributed by atoms with Crippen molar-refractivity contribution in [3.8, 4) is 0 Å². The van der Waals surface area contributed by atoms with Gasteiger partial charge in [0.1, 0.15) is 11.6 Å². The molecule has 1 fully saturated rings. The number of rotatable bonds is 4. The molecule has 0 bridgehead atoms. The molecule has 2 unspecified atom stereocenters. The Morgan fingerprint density at radius 1 is 0.971 bits per heavy atom. The van der Waals surface area contributed by atoms with Crippen LogP contribution in [0.4, 0.5) is 5.69 Å². The summed E-state index contributed by atoms with van der Waals surface area (Å²) in [5.41, 5.74) is 20.9. The maximum atomic E-state index is 7.29. The number of anilines is 1. The van der Waals surface area contributed by atoms with Crippen molar-refractivity contribution in [2.45, 2.75) is 11.6 Å². The summed E-state index contributed by atoms with van der Waals surface area (Å²) in [6, 6.07) is 21.3. The van der Waals surface area contributed by atoms with Crippen LogP contribution in [0.5, 0.6) is 0 Å². The molecular weight excluding hydrogens is 483 g/mol. The number of guanidine groups is 1. The monoisotopic (exact) mass is 504 g/mol. The summed E-state index contributed by atoms with van der Waals surface area (Å²) in [7, 11) is 1.94. The van der Waals surface area contributed by atoms with Crippen LogP contribution < -0.4 is 27.2 Å². The summed E-state index contributed by atoms with van der Waals surface area (Å²) in [6.45, 7) is 0. The molecule has 3 aromatic carbocycles. The van der Waals surface area contributed by atoms with Gasteiger partial charge >= 0.3 is 0 Å². The second-order valence-electron chi connectivity index (χ2n) is 8.59. The van der Waals surface area contributed by atoms with Crippen LogP contribution in [0.15, 0.2) is 84.2 Å². The van der Waals surface area contributed by atoms with Gasteiger partial charge in [-0.3, -0.25) is 5.43 Å². The fourth-order valence-electron chi connectivity index (χ4n) is 4.77. The summed E-state index contributed by atoms with van der Waals surface area (Å²) in [4.78, 5) is 9.30. The van der Waals surface area contributed by atoms with Gasteiger partial charge in [-0.25, -0.2) is 15.0 Å². The second kappa shape index (κ2) is 8.37. The number of hydrazine groups is 3. The Kier molecular flexibility index (Phi) is 5.28. The van der Waals surface area contributed by atoms with E-state index in [4.69, 9.17) is 33.9 Å². The zero-order chi connectivity index (χ0) is 24.2. The van der Waals surface area contributed by atoms with Crippen molar-refractivity contribution < 1.29 is 0 Å². The summed E-state index contributed by atoms with van der Waals surface area (Å²) in [5, 5.41) is 3.17. The Morgan fingerprint density at radius 2 is 1.77 bits per heavy atom. The lowest BCUT2D eigenvalue weighted by molar-refractivity contribution is 0.586. The molecule has 0 aliphatic carbocycles. The van der Waals surface area contributed by atoms with E-state index in [2.05, 4.69) is 27.5 Å². The smallest absolute Gasteiger partial charge is 0.231 e. The molecule has 0 saturated carbocycles. The van der Waals surface area contributed by atoms with Gasteiger partial charge in [-0.2, -0.15) is 5.53 Å². The van der Waals surface area contributed by atoms with Crippen LogP contribution in [0.1, 0.15) is 34.0 Å². The lowest BCUT2D eigenvalue weighted by Gasteiger charge is -2.34. The van der Waals surface area contributed by atoms with Gasteiger partial charge in [-0.1, -0.05) is 53.5 Å². The first-order valence-corrected chi connectivity index (χ1v) is 11.8. The molecule has 0 spiro atoms. The van der Waals surface area contributed by atoms with Gasteiger partial charge in [0.25, 0.3) is 0 Å². The predicted octanol–water partition coefficient (Wildman–Crippen LogP) is 3.77. The zero-order valence-electron chi connectivity index (χ0n) is 18.7. The third-order valence-electron chi connectivity index (χ3n) is 6.51. The highest BCUT2D eigenvalue weighted by atomic mass is 35.5. The third-order valence-corrected chi connectivity index (χ3v) is 7.00. The van der Waals surface area contributed by atoms with E-state index < -0.39 is 5.54 Å². The Hall–Kier alpha value is -3.40. The molecule has 3 heterocycles. The van der Waals surface area contributed by atoms with Crippen molar-refractivity contribution in [1.29, 1.82) is 0 Å². The Balaban J connectivity index is 1.57. The van der Waals surface area contributed by atoms with E-state index in [1.54, 1.807) is 12.5 Å². The highest BCUT2D eigenvalue weighted by molar-refractivity contribution is 6.30. The molecule has 1 saturated heterocycles. The lowest BCUT2D eigenvalue weighted by Crippen LogP contribution is -2.42. The van der Waals surface area contributed by atoms with E-state index in [-0.39, 0.29) is 6.04 Å². The Bertz CT molecular complexity index is 1450. The van der Waals surface area contributed by atoms with Gasteiger partial charge in [-0.15, -0.1) is 5.53 Å². The SMILES string of the molecule is Cn1cncc1C(N)(c1ccc(Cl)cc1)c1ccc2c(c1)C(c1cccc(Cl)c1)N=C1NNNN12. The minimum atomic E-state index is -0.983. The largest absolute Gasteiger partial charge is 0.336 e. The number of nitrogens with zero attached hydrogens (tertiary/aromatic N) is 4. The molecule has 4 aromatic rings. The first-order chi connectivity index (χ1) is 16.9. The number of nitrogens with one attached hydrogen (secondary N) is 3. The van der Waals surface area contributed by atoms with E-state index in [0.717, 1.165) is 33.6 Å². The molecule has 6 rings (SSSR count). The Labute approximate surface area is 212 Å². The molecule has 0 amide bonds. The predicted molar refractivity (Wildman–Crippen MR) is 138 cm³/mol. The molecule has 2 aliphatic rings. The number of hydrogen-bond donors (Lipinski definition) is 4. The highest BCUT2D eigenvalue weighted by Gasteiger charge is 2.38. The topological polar surface area (TPSA) is 95.5 Å². The fraction of sp³-hybridized carbons (Fsp3) is 0.120. The third kappa shape index (κ3) is 3.58. The van der Waals surface area contributed by atoms with Gasteiger partial charge in [0.05, 0.1) is 23.9 Å². The molecule has 176 valence electrons. The van der Waals surface area contributed by atoms with Crippen LogP contribution in [0.3, 0.4) is 0 Å². The zero-order valence-corrected chi connectivity index (χ0v) is 20.2. The van der Waals surface area contributed by atoms with Crippen molar-refractivity contribution in [1.82, 2.24) is 26.0 Å².